The van der Waals surface area contributed by atoms with E-state index in [1.54, 1.807) is 36.4 Å². The molecule has 36 heavy (non-hydrogen) atoms. The van der Waals surface area contributed by atoms with Crippen molar-refractivity contribution in [2.75, 3.05) is 18.9 Å². The van der Waals surface area contributed by atoms with E-state index in [4.69, 9.17) is 13.9 Å². The second kappa shape index (κ2) is 9.88. The fourth-order valence-corrected chi connectivity index (χ4v) is 4.20. The molecule has 4 rings (SSSR count). The fourth-order valence-electron chi connectivity index (χ4n) is 3.36. The molecule has 0 amide bonds. The van der Waals surface area contributed by atoms with Gasteiger partial charge in [0.2, 0.25) is 11.8 Å². The maximum atomic E-state index is 13.4. The van der Waals surface area contributed by atoms with Crippen LogP contribution in [0.5, 0.6) is 11.5 Å². The quantitative estimate of drug-likeness (QED) is 0.358. The molecule has 0 unspecified atom stereocenters. The van der Waals surface area contributed by atoms with Crippen LogP contribution in [0, 0.1) is 17.1 Å². The first-order chi connectivity index (χ1) is 17.3. The number of aromatic nitrogens is 4. The van der Waals surface area contributed by atoms with Gasteiger partial charge in [0.15, 0.2) is 5.76 Å². The number of nitrogens with one attached hydrogen (secondary N) is 1. The third-order valence-electron chi connectivity index (χ3n) is 5.06. The molecule has 0 bridgehead atoms. The first-order valence-corrected chi connectivity index (χ1v) is 11.7. The Kier molecular flexibility index (Phi) is 6.71. The molecule has 0 saturated carbocycles. The third-order valence-corrected chi connectivity index (χ3v) is 6.41. The van der Waals surface area contributed by atoms with Gasteiger partial charge >= 0.3 is 0 Å². The molecule has 0 aliphatic heterocycles. The van der Waals surface area contributed by atoms with Crippen LogP contribution >= 0.6 is 0 Å². The molecule has 11 nitrogen and oxygen atoms in total. The van der Waals surface area contributed by atoms with Gasteiger partial charge in [-0.05, 0) is 30.3 Å². The number of ether oxygens (including phenoxy) is 2. The van der Waals surface area contributed by atoms with Crippen LogP contribution in [0.3, 0.4) is 0 Å². The van der Waals surface area contributed by atoms with Gasteiger partial charge in [0.05, 0.1) is 42.8 Å². The summed E-state index contributed by atoms with van der Waals surface area (Å²) in [4.78, 5) is 3.49. The molecule has 0 atom stereocenters. The number of pyridine rings is 1. The van der Waals surface area contributed by atoms with Crippen molar-refractivity contribution in [3.63, 3.8) is 0 Å². The largest absolute Gasteiger partial charge is 0.494 e. The number of hydrogen-bond acceptors (Lipinski definition) is 9. The van der Waals surface area contributed by atoms with E-state index in [2.05, 4.69) is 26.5 Å². The number of anilines is 1. The van der Waals surface area contributed by atoms with Crippen molar-refractivity contribution in [1.82, 2.24) is 19.7 Å². The standard InChI is InChI=1S/C23H19FN6O5S/c1-14(10-17-15(12-25)11-16(24)13-26-17)36(31,32)29-23-28-27-22(20-8-5-9-35-20)30(23)21-18(33-2)6-4-7-19(21)34-3/h4-9,11,13H,1,10H2,2-3H3,(H,28,29). The molecule has 4 aromatic rings. The number of furan rings is 1. The van der Waals surface area contributed by atoms with E-state index in [1.165, 1.54) is 25.0 Å². The summed E-state index contributed by atoms with van der Waals surface area (Å²) >= 11 is 0. The Morgan fingerprint density at radius 1 is 1.22 bits per heavy atom. The van der Waals surface area contributed by atoms with E-state index in [-0.39, 0.29) is 34.4 Å². The number of rotatable bonds is 9. The predicted molar refractivity (Wildman–Crippen MR) is 126 cm³/mol. The van der Waals surface area contributed by atoms with Gasteiger partial charge in [-0.3, -0.25) is 9.55 Å². The molecule has 13 heteroatoms. The average Bonchev–Trinajstić information content (AvgIpc) is 3.54. The first-order valence-electron chi connectivity index (χ1n) is 10.2. The zero-order valence-electron chi connectivity index (χ0n) is 19.1. The topological polar surface area (TPSA) is 145 Å². The summed E-state index contributed by atoms with van der Waals surface area (Å²) < 4.78 is 60.0. The summed E-state index contributed by atoms with van der Waals surface area (Å²) in [5.41, 5.74) is 0.265. The Morgan fingerprint density at radius 3 is 2.56 bits per heavy atom. The normalized spacial score (nSPS) is 11.1. The van der Waals surface area contributed by atoms with Gasteiger partial charge in [0.25, 0.3) is 10.0 Å². The second-order valence-corrected chi connectivity index (χ2v) is 9.04. The van der Waals surface area contributed by atoms with Crippen molar-refractivity contribution in [1.29, 1.82) is 5.26 Å². The average molecular weight is 511 g/mol. The van der Waals surface area contributed by atoms with Crippen molar-refractivity contribution in [2.45, 2.75) is 6.42 Å². The van der Waals surface area contributed by atoms with Crippen LogP contribution in [0.15, 0.2) is 64.8 Å². The lowest BCUT2D eigenvalue weighted by Gasteiger charge is -2.17. The maximum absolute atomic E-state index is 13.4. The SMILES string of the molecule is C=C(Cc1ncc(F)cc1C#N)S(=O)(=O)Nc1nnc(-c2ccco2)n1-c1c(OC)cccc1OC. The number of para-hydroxylation sites is 1. The molecule has 0 saturated heterocycles. The molecular formula is C23H19FN6O5S. The Morgan fingerprint density at radius 2 is 1.94 bits per heavy atom. The van der Waals surface area contributed by atoms with Crippen molar-refractivity contribution < 1.29 is 26.7 Å². The Hall–Kier alpha value is -4.70. The summed E-state index contributed by atoms with van der Waals surface area (Å²) in [7, 11) is -1.40. The molecule has 0 aliphatic rings. The van der Waals surface area contributed by atoms with Gasteiger partial charge in [0.1, 0.15) is 29.1 Å². The molecule has 0 fully saturated rings. The minimum atomic E-state index is -4.29. The Labute approximate surface area is 205 Å². The van der Waals surface area contributed by atoms with Crippen LogP contribution in [0.4, 0.5) is 10.3 Å². The lowest BCUT2D eigenvalue weighted by Crippen LogP contribution is -2.19. The molecule has 3 heterocycles. The number of methoxy groups -OCH3 is 2. The number of nitriles is 1. The van der Waals surface area contributed by atoms with E-state index in [1.807, 2.05) is 0 Å². The second-order valence-electron chi connectivity index (χ2n) is 7.25. The first kappa shape index (κ1) is 24.4. The Bertz CT molecular complexity index is 1550. The summed E-state index contributed by atoms with van der Waals surface area (Å²) in [6, 6.07) is 11.0. The number of sulfonamides is 1. The summed E-state index contributed by atoms with van der Waals surface area (Å²) in [5, 5.41) is 17.4. The predicted octanol–water partition coefficient (Wildman–Crippen LogP) is 3.45. The lowest BCUT2D eigenvalue weighted by molar-refractivity contribution is 0.391. The van der Waals surface area contributed by atoms with Gasteiger partial charge in [-0.1, -0.05) is 12.6 Å². The van der Waals surface area contributed by atoms with Gasteiger partial charge < -0.3 is 13.9 Å². The van der Waals surface area contributed by atoms with Crippen LogP contribution in [0.1, 0.15) is 11.3 Å². The zero-order chi connectivity index (χ0) is 25.9. The molecule has 1 N–H and O–H groups in total. The van der Waals surface area contributed by atoms with Crippen molar-refractivity contribution in [3.05, 3.63) is 77.4 Å². The van der Waals surface area contributed by atoms with Crippen LogP contribution in [-0.2, 0) is 16.4 Å². The van der Waals surface area contributed by atoms with Gasteiger partial charge in [-0.15, -0.1) is 10.2 Å². The summed E-state index contributed by atoms with van der Waals surface area (Å²) in [6.45, 7) is 3.62. The van der Waals surface area contributed by atoms with Crippen molar-refractivity contribution in [2.24, 2.45) is 0 Å². The molecular weight excluding hydrogens is 491 g/mol. The van der Waals surface area contributed by atoms with E-state index in [0.717, 1.165) is 12.3 Å². The maximum Gasteiger partial charge on any atom is 0.260 e. The minimum Gasteiger partial charge on any atom is -0.494 e. The molecule has 0 spiro atoms. The minimum absolute atomic E-state index is 0.0541. The highest BCUT2D eigenvalue weighted by Gasteiger charge is 2.27. The van der Waals surface area contributed by atoms with Crippen molar-refractivity contribution >= 4 is 16.0 Å². The highest BCUT2D eigenvalue weighted by atomic mass is 32.2. The third kappa shape index (κ3) is 4.62. The number of hydrogen-bond donors (Lipinski definition) is 1. The van der Waals surface area contributed by atoms with Crippen LogP contribution in [0.25, 0.3) is 17.3 Å². The van der Waals surface area contributed by atoms with Crippen LogP contribution in [0.2, 0.25) is 0 Å². The summed E-state index contributed by atoms with van der Waals surface area (Å²) in [6.07, 6.45) is 1.99. The van der Waals surface area contributed by atoms with E-state index < -0.39 is 15.8 Å². The molecule has 0 radical (unpaired) electrons. The molecule has 1 aromatic carbocycles. The van der Waals surface area contributed by atoms with Gasteiger partial charge in [-0.2, -0.15) is 5.26 Å². The molecule has 0 aliphatic carbocycles. The fraction of sp³-hybridized carbons (Fsp3) is 0.130. The van der Waals surface area contributed by atoms with Crippen LogP contribution in [-0.4, -0.2) is 42.4 Å². The van der Waals surface area contributed by atoms with Gasteiger partial charge in [0, 0.05) is 6.42 Å². The van der Waals surface area contributed by atoms with E-state index >= 15 is 0 Å². The highest BCUT2D eigenvalue weighted by molar-refractivity contribution is 7.96. The number of benzene rings is 1. The number of nitrogens with zero attached hydrogens (tertiary/aromatic N) is 5. The molecule has 3 aromatic heterocycles. The smallest absolute Gasteiger partial charge is 0.260 e. The van der Waals surface area contributed by atoms with Crippen LogP contribution < -0.4 is 14.2 Å². The highest BCUT2D eigenvalue weighted by Crippen LogP contribution is 2.38. The lowest BCUT2D eigenvalue weighted by atomic mass is 10.1. The van der Waals surface area contributed by atoms with E-state index in [9.17, 15) is 18.1 Å². The van der Waals surface area contributed by atoms with Crippen molar-refractivity contribution in [3.8, 4) is 34.8 Å². The monoisotopic (exact) mass is 510 g/mol. The number of allylic oxidation sites excluding steroid dienone is 1. The van der Waals surface area contributed by atoms with Gasteiger partial charge in [-0.25, -0.2) is 17.5 Å². The van der Waals surface area contributed by atoms with E-state index in [0.29, 0.717) is 22.9 Å². The Balaban J connectivity index is 1.78. The number of halogens is 1. The zero-order valence-corrected chi connectivity index (χ0v) is 19.9. The summed E-state index contributed by atoms with van der Waals surface area (Å²) in [5.74, 6) is 0.224. The molecule has 184 valence electrons.